The van der Waals surface area contributed by atoms with E-state index in [1.807, 2.05) is 12.1 Å². The molecule has 2 aliphatic rings. The van der Waals surface area contributed by atoms with Crippen LogP contribution in [-0.2, 0) is 24.3 Å². The zero-order valence-corrected chi connectivity index (χ0v) is 15.6. The van der Waals surface area contributed by atoms with Crippen molar-refractivity contribution in [1.29, 1.82) is 0 Å². The molecule has 2 aromatic rings. The predicted molar refractivity (Wildman–Crippen MR) is 98.6 cm³/mol. The Morgan fingerprint density at radius 2 is 2.12 bits per heavy atom. The average Bonchev–Trinajstić information content (AvgIpc) is 3.30. The Labute approximate surface area is 157 Å². The molecule has 7 heteroatoms. The first-order valence-corrected chi connectivity index (χ1v) is 9.33. The van der Waals surface area contributed by atoms with Gasteiger partial charge in [0, 0.05) is 38.7 Å². The zero-order chi connectivity index (χ0) is 18.1. The fourth-order valence-electron chi connectivity index (χ4n) is 3.65. The van der Waals surface area contributed by atoms with E-state index < -0.39 is 0 Å². The summed E-state index contributed by atoms with van der Waals surface area (Å²) < 4.78 is 10.7. The van der Waals surface area contributed by atoms with Crippen LogP contribution < -0.4 is 4.90 Å². The molecule has 0 atom stereocenters. The highest BCUT2D eigenvalue weighted by atomic mass is 35.5. The van der Waals surface area contributed by atoms with Gasteiger partial charge in [0.05, 0.1) is 17.3 Å². The summed E-state index contributed by atoms with van der Waals surface area (Å²) >= 11 is 6.46. The number of carbonyl (C=O) groups is 1. The third kappa shape index (κ3) is 3.31. The molecule has 0 aliphatic carbocycles. The molecule has 6 nitrogen and oxygen atoms in total. The van der Waals surface area contributed by atoms with Gasteiger partial charge in [-0.2, -0.15) is 0 Å². The van der Waals surface area contributed by atoms with Gasteiger partial charge in [-0.25, -0.2) is 4.98 Å². The van der Waals surface area contributed by atoms with Crippen LogP contribution >= 0.6 is 11.6 Å². The Balaban J connectivity index is 1.49. The average molecular weight is 376 g/mol. The SMILES string of the molecule is COCc1nc2c(o1)CCN(C(=O)c1ccc(N3CCCC3)c(Cl)c1)C2. The van der Waals surface area contributed by atoms with Crippen molar-refractivity contribution in [3.05, 3.63) is 46.1 Å². The highest BCUT2D eigenvalue weighted by Crippen LogP contribution is 2.30. The maximum Gasteiger partial charge on any atom is 0.254 e. The molecular formula is C19H22ClN3O3. The lowest BCUT2D eigenvalue weighted by atomic mass is 10.1. The standard InChI is InChI=1S/C19H22ClN3O3/c1-25-12-18-21-15-11-23(9-6-17(15)26-18)19(24)13-4-5-16(14(20)10-13)22-7-2-3-8-22/h4-5,10H,2-3,6-9,11-12H2,1H3. The maximum absolute atomic E-state index is 12.9. The van der Waals surface area contributed by atoms with Crippen LogP contribution in [0.4, 0.5) is 5.69 Å². The van der Waals surface area contributed by atoms with Gasteiger partial charge in [0.2, 0.25) is 5.89 Å². The van der Waals surface area contributed by atoms with Gasteiger partial charge < -0.3 is 19.0 Å². The van der Waals surface area contributed by atoms with E-state index in [2.05, 4.69) is 9.88 Å². The van der Waals surface area contributed by atoms with Crippen molar-refractivity contribution in [3.8, 4) is 0 Å². The van der Waals surface area contributed by atoms with Gasteiger partial charge >= 0.3 is 0 Å². The number of amides is 1. The lowest BCUT2D eigenvalue weighted by molar-refractivity contribution is 0.0727. The predicted octanol–water partition coefficient (Wildman–Crippen LogP) is 3.27. The number of benzene rings is 1. The highest BCUT2D eigenvalue weighted by Gasteiger charge is 2.27. The Morgan fingerprint density at radius 3 is 2.85 bits per heavy atom. The van der Waals surface area contributed by atoms with Crippen LogP contribution in [0.25, 0.3) is 0 Å². The summed E-state index contributed by atoms with van der Waals surface area (Å²) in [5.74, 6) is 1.38. The van der Waals surface area contributed by atoms with Crippen LogP contribution in [0.15, 0.2) is 22.6 Å². The van der Waals surface area contributed by atoms with E-state index in [-0.39, 0.29) is 5.91 Å². The number of aromatic nitrogens is 1. The molecule has 0 unspecified atom stereocenters. The molecule has 0 bridgehead atoms. The normalized spacial score (nSPS) is 16.8. The number of methoxy groups -OCH3 is 1. The summed E-state index contributed by atoms with van der Waals surface area (Å²) in [5, 5.41) is 0.638. The van der Waals surface area contributed by atoms with Gasteiger partial charge in [-0.3, -0.25) is 4.79 Å². The number of anilines is 1. The number of fused-ring (bicyclic) bond motifs is 1. The minimum atomic E-state index is -0.0261. The molecule has 3 heterocycles. The highest BCUT2D eigenvalue weighted by molar-refractivity contribution is 6.33. The minimum absolute atomic E-state index is 0.0261. The number of halogens is 1. The van der Waals surface area contributed by atoms with Crippen molar-refractivity contribution < 1.29 is 13.9 Å². The summed E-state index contributed by atoms with van der Waals surface area (Å²) in [6.07, 6.45) is 3.04. The van der Waals surface area contributed by atoms with Crippen LogP contribution in [0.1, 0.15) is 40.5 Å². The van der Waals surface area contributed by atoms with Gasteiger partial charge in [-0.1, -0.05) is 11.6 Å². The molecule has 0 spiro atoms. The molecule has 0 N–H and O–H groups in total. The fourth-order valence-corrected chi connectivity index (χ4v) is 3.95. The van der Waals surface area contributed by atoms with Gasteiger partial charge in [-0.15, -0.1) is 0 Å². The summed E-state index contributed by atoms with van der Waals surface area (Å²) in [4.78, 5) is 21.4. The summed E-state index contributed by atoms with van der Waals surface area (Å²) in [6.45, 7) is 3.45. The molecule has 0 radical (unpaired) electrons. The fraction of sp³-hybridized carbons (Fsp3) is 0.474. The number of carbonyl (C=O) groups excluding carboxylic acids is 1. The second kappa shape index (κ2) is 7.29. The third-order valence-corrected chi connectivity index (χ3v) is 5.27. The van der Waals surface area contributed by atoms with Crippen molar-refractivity contribution in [2.24, 2.45) is 0 Å². The summed E-state index contributed by atoms with van der Waals surface area (Å²) in [6, 6.07) is 5.62. The minimum Gasteiger partial charge on any atom is -0.443 e. The van der Waals surface area contributed by atoms with E-state index in [0.717, 1.165) is 30.2 Å². The van der Waals surface area contributed by atoms with E-state index in [9.17, 15) is 4.79 Å². The summed E-state index contributed by atoms with van der Waals surface area (Å²) in [7, 11) is 1.61. The zero-order valence-electron chi connectivity index (χ0n) is 14.8. The van der Waals surface area contributed by atoms with Crippen LogP contribution in [0.5, 0.6) is 0 Å². The monoisotopic (exact) mass is 375 g/mol. The first-order valence-electron chi connectivity index (χ1n) is 8.96. The van der Waals surface area contributed by atoms with E-state index in [1.54, 1.807) is 18.1 Å². The summed E-state index contributed by atoms with van der Waals surface area (Å²) in [5.41, 5.74) is 2.45. The van der Waals surface area contributed by atoms with Crippen molar-refractivity contribution in [3.63, 3.8) is 0 Å². The van der Waals surface area contributed by atoms with Gasteiger partial charge in [0.25, 0.3) is 5.91 Å². The Bertz CT molecular complexity index is 814. The lowest BCUT2D eigenvalue weighted by Gasteiger charge is -2.26. The van der Waals surface area contributed by atoms with Crippen LogP contribution in [0.3, 0.4) is 0 Å². The van der Waals surface area contributed by atoms with E-state index in [1.165, 1.54) is 12.8 Å². The number of rotatable bonds is 4. The van der Waals surface area contributed by atoms with Crippen molar-refractivity contribution >= 4 is 23.2 Å². The van der Waals surface area contributed by atoms with Crippen LogP contribution in [0.2, 0.25) is 5.02 Å². The van der Waals surface area contributed by atoms with Crippen LogP contribution in [-0.4, -0.2) is 42.5 Å². The van der Waals surface area contributed by atoms with E-state index >= 15 is 0 Å². The number of oxazole rings is 1. The van der Waals surface area contributed by atoms with Crippen molar-refractivity contribution in [2.75, 3.05) is 31.6 Å². The molecule has 1 aromatic heterocycles. The molecule has 4 rings (SSSR count). The van der Waals surface area contributed by atoms with E-state index in [0.29, 0.717) is 42.6 Å². The Hall–Kier alpha value is -2.05. The van der Waals surface area contributed by atoms with Gasteiger partial charge in [0.1, 0.15) is 18.1 Å². The first kappa shape index (κ1) is 17.4. The number of hydrogen-bond donors (Lipinski definition) is 0. The molecule has 26 heavy (non-hydrogen) atoms. The van der Waals surface area contributed by atoms with Crippen molar-refractivity contribution in [2.45, 2.75) is 32.4 Å². The second-order valence-corrected chi connectivity index (χ2v) is 7.15. The van der Waals surface area contributed by atoms with Gasteiger partial charge in [-0.05, 0) is 31.0 Å². The molecule has 1 saturated heterocycles. The first-order chi connectivity index (χ1) is 12.7. The third-order valence-electron chi connectivity index (χ3n) is 4.97. The van der Waals surface area contributed by atoms with Crippen LogP contribution in [0, 0.1) is 0 Å². The molecule has 1 aromatic carbocycles. The Morgan fingerprint density at radius 1 is 1.31 bits per heavy atom. The molecular weight excluding hydrogens is 354 g/mol. The second-order valence-electron chi connectivity index (χ2n) is 6.75. The smallest absolute Gasteiger partial charge is 0.254 e. The topological polar surface area (TPSA) is 58.8 Å². The van der Waals surface area contributed by atoms with E-state index in [4.69, 9.17) is 20.8 Å². The lowest BCUT2D eigenvalue weighted by Crippen LogP contribution is -2.35. The molecule has 1 amide bonds. The largest absolute Gasteiger partial charge is 0.443 e. The molecule has 138 valence electrons. The quantitative estimate of drug-likeness (QED) is 0.820. The molecule has 0 saturated carbocycles. The van der Waals surface area contributed by atoms with Crippen molar-refractivity contribution in [1.82, 2.24) is 9.88 Å². The van der Waals surface area contributed by atoms with Gasteiger partial charge in [0.15, 0.2) is 0 Å². The molecule has 2 aliphatic heterocycles. The Kier molecular flexibility index (Phi) is 4.87. The molecule has 1 fully saturated rings. The maximum atomic E-state index is 12.9. The number of nitrogens with zero attached hydrogens (tertiary/aromatic N) is 3. The number of ether oxygens (including phenoxy) is 1. The number of hydrogen-bond acceptors (Lipinski definition) is 5.